The van der Waals surface area contributed by atoms with Crippen LogP contribution in [0.4, 0.5) is 0 Å². The fourth-order valence-corrected chi connectivity index (χ4v) is 1.70. The zero-order valence-electron chi connectivity index (χ0n) is 10.1. The third-order valence-corrected chi connectivity index (χ3v) is 2.84. The van der Waals surface area contributed by atoms with E-state index < -0.39 is 0 Å². The molecule has 0 N–H and O–H groups in total. The fraction of sp³-hybridized carbons (Fsp3) is 0.182. The summed E-state index contributed by atoms with van der Waals surface area (Å²) in [5.41, 5.74) is 0. The van der Waals surface area contributed by atoms with Gasteiger partial charge in [0.05, 0.1) is 19.2 Å². The maximum Gasteiger partial charge on any atom is 0.331 e. The topological polar surface area (TPSA) is 66.4 Å². The van der Waals surface area contributed by atoms with Crippen LogP contribution in [0, 0.1) is 0 Å². The molecule has 0 aliphatic heterocycles. The third-order valence-electron chi connectivity index (χ3n) is 2.03. The van der Waals surface area contributed by atoms with Gasteiger partial charge in [-0.2, -0.15) is 0 Å². The maximum absolute atomic E-state index is 6.01. The molecule has 19 heavy (non-hydrogen) atoms. The normalized spacial score (nSPS) is 10.1. The van der Waals surface area contributed by atoms with E-state index in [2.05, 4.69) is 30.9 Å². The first-order chi connectivity index (χ1) is 9.12. The molecule has 0 amide bonds. The van der Waals surface area contributed by atoms with Crippen molar-refractivity contribution in [2.45, 2.75) is 0 Å². The largest absolute Gasteiger partial charge is 0.467 e. The Morgan fingerprint density at radius 1 is 1.00 bits per heavy atom. The Morgan fingerprint density at radius 3 is 2.16 bits per heavy atom. The van der Waals surface area contributed by atoms with Crippen LogP contribution < -0.4 is 14.2 Å². The molecule has 1 aromatic carbocycles. The number of hydrogen-bond acceptors (Lipinski definition) is 6. The van der Waals surface area contributed by atoms with Crippen molar-refractivity contribution in [1.82, 2.24) is 15.0 Å². The Kier molecular flexibility index (Phi) is 4.39. The van der Waals surface area contributed by atoms with Crippen LogP contribution in [-0.2, 0) is 0 Å². The van der Waals surface area contributed by atoms with Crippen molar-refractivity contribution in [3.63, 3.8) is 0 Å². The van der Waals surface area contributed by atoms with E-state index in [0.717, 1.165) is 4.47 Å². The molecule has 0 fully saturated rings. The number of hydrogen-bond donors (Lipinski definition) is 0. The van der Waals surface area contributed by atoms with Gasteiger partial charge in [-0.15, -0.1) is 15.0 Å². The molecule has 0 bridgehead atoms. The molecule has 2 rings (SSSR count). The summed E-state index contributed by atoms with van der Waals surface area (Å²) in [6, 6.07) is 5.40. The lowest BCUT2D eigenvalue weighted by molar-refractivity contribution is 0.320. The van der Waals surface area contributed by atoms with E-state index in [9.17, 15) is 0 Å². The molecule has 0 spiro atoms. The second-order valence-corrected chi connectivity index (χ2v) is 4.59. The second kappa shape index (κ2) is 6.03. The molecule has 0 saturated heterocycles. The molecule has 0 atom stereocenters. The minimum absolute atomic E-state index is 0.0312. The molecule has 8 heteroatoms. The first-order valence-corrected chi connectivity index (χ1v) is 6.26. The minimum atomic E-state index is 0.0312. The highest BCUT2D eigenvalue weighted by molar-refractivity contribution is 9.10. The highest BCUT2D eigenvalue weighted by atomic mass is 79.9. The van der Waals surface area contributed by atoms with Gasteiger partial charge in [0.25, 0.3) is 0 Å². The maximum atomic E-state index is 6.01. The third kappa shape index (κ3) is 3.45. The lowest BCUT2D eigenvalue weighted by Crippen LogP contribution is -2.01. The van der Waals surface area contributed by atoms with Crippen molar-refractivity contribution in [3.05, 3.63) is 27.7 Å². The number of nitrogens with zero attached hydrogens (tertiary/aromatic N) is 3. The molecule has 6 nitrogen and oxygen atoms in total. The van der Waals surface area contributed by atoms with Crippen LogP contribution in [0.5, 0.6) is 23.8 Å². The van der Waals surface area contributed by atoms with Gasteiger partial charge in [0, 0.05) is 4.47 Å². The van der Waals surface area contributed by atoms with E-state index in [1.165, 1.54) is 14.2 Å². The second-order valence-electron chi connectivity index (χ2n) is 3.27. The van der Waals surface area contributed by atoms with Crippen LogP contribution in [0.25, 0.3) is 0 Å². The van der Waals surface area contributed by atoms with E-state index in [1.807, 2.05) is 0 Å². The summed E-state index contributed by atoms with van der Waals surface area (Å²) >= 11 is 9.34. The predicted octanol–water partition coefficient (Wildman–Crippen LogP) is 3.10. The molecule has 0 aliphatic rings. The van der Waals surface area contributed by atoms with E-state index in [-0.39, 0.29) is 18.0 Å². The van der Waals surface area contributed by atoms with Crippen molar-refractivity contribution < 1.29 is 14.2 Å². The molecule has 1 aromatic heterocycles. The van der Waals surface area contributed by atoms with E-state index in [1.54, 1.807) is 18.2 Å². The molecule has 0 unspecified atom stereocenters. The first-order valence-electron chi connectivity index (χ1n) is 5.09. The van der Waals surface area contributed by atoms with Gasteiger partial charge in [-0.1, -0.05) is 27.5 Å². The van der Waals surface area contributed by atoms with E-state index in [0.29, 0.717) is 10.8 Å². The fourth-order valence-electron chi connectivity index (χ4n) is 1.20. The molecule has 1 heterocycles. The summed E-state index contributed by atoms with van der Waals surface area (Å²) < 4.78 is 16.2. The number of rotatable bonds is 4. The molecule has 0 aliphatic carbocycles. The number of ether oxygens (including phenoxy) is 3. The lowest BCUT2D eigenvalue weighted by Gasteiger charge is -2.08. The van der Waals surface area contributed by atoms with Gasteiger partial charge in [0.15, 0.2) is 5.75 Å². The van der Waals surface area contributed by atoms with Gasteiger partial charge in [-0.25, -0.2) is 0 Å². The molecule has 0 saturated carbocycles. The van der Waals surface area contributed by atoms with Gasteiger partial charge in [0.2, 0.25) is 0 Å². The summed E-state index contributed by atoms with van der Waals surface area (Å²) in [6.45, 7) is 0. The molecular weight excluding hydrogens is 337 g/mol. The Morgan fingerprint density at radius 2 is 1.58 bits per heavy atom. The van der Waals surface area contributed by atoms with Crippen LogP contribution in [0.15, 0.2) is 22.7 Å². The predicted molar refractivity (Wildman–Crippen MR) is 72.2 cm³/mol. The van der Waals surface area contributed by atoms with E-state index in [4.69, 9.17) is 25.8 Å². The van der Waals surface area contributed by atoms with Crippen molar-refractivity contribution in [3.8, 4) is 23.8 Å². The van der Waals surface area contributed by atoms with Gasteiger partial charge in [-0.3, -0.25) is 0 Å². The Labute approximate surface area is 122 Å². The highest BCUT2D eigenvalue weighted by Gasteiger charge is 2.11. The average Bonchev–Trinajstić information content (AvgIpc) is 2.42. The van der Waals surface area contributed by atoms with Gasteiger partial charge >= 0.3 is 18.0 Å². The highest BCUT2D eigenvalue weighted by Crippen LogP contribution is 2.31. The monoisotopic (exact) mass is 345 g/mol. The average molecular weight is 347 g/mol. The van der Waals surface area contributed by atoms with Crippen molar-refractivity contribution in [2.75, 3.05) is 14.2 Å². The molecular formula is C11H9BrClN3O3. The van der Waals surface area contributed by atoms with Gasteiger partial charge in [0.1, 0.15) is 0 Å². The Bertz CT molecular complexity index is 575. The molecule has 2 aromatic rings. The number of aromatic nitrogens is 3. The Balaban J connectivity index is 2.34. The SMILES string of the molecule is COc1nc(OC)nc(Oc2cc(Br)ccc2Cl)n1. The smallest absolute Gasteiger partial charge is 0.331 e. The van der Waals surface area contributed by atoms with Crippen LogP contribution in [-0.4, -0.2) is 29.2 Å². The summed E-state index contributed by atoms with van der Waals surface area (Å²) in [5.74, 6) is 0.409. The number of methoxy groups -OCH3 is 2. The van der Waals surface area contributed by atoms with Crippen molar-refractivity contribution in [1.29, 1.82) is 0 Å². The summed E-state index contributed by atoms with van der Waals surface area (Å²) in [4.78, 5) is 11.8. The van der Waals surface area contributed by atoms with Crippen LogP contribution in [0.2, 0.25) is 5.02 Å². The zero-order chi connectivity index (χ0) is 13.8. The Hall–Kier alpha value is -1.60. The molecule has 0 radical (unpaired) electrons. The standard InChI is InChI=1S/C11H9BrClN3O3/c1-17-9-14-10(18-2)16-11(15-9)19-8-5-6(12)3-4-7(8)13/h3-5H,1-2H3. The molecule has 100 valence electrons. The van der Waals surface area contributed by atoms with Gasteiger partial charge in [-0.05, 0) is 18.2 Å². The number of benzene rings is 1. The van der Waals surface area contributed by atoms with Crippen molar-refractivity contribution in [2.24, 2.45) is 0 Å². The van der Waals surface area contributed by atoms with E-state index >= 15 is 0 Å². The lowest BCUT2D eigenvalue weighted by atomic mass is 10.3. The van der Waals surface area contributed by atoms with Crippen molar-refractivity contribution >= 4 is 27.5 Å². The zero-order valence-corrected chi connectivity index (χ0v) is 12.4. The van der Waals surface area contributed by atoms with Crippen LogP contribution in [0.1, 0.15) is 0 Å². The minimum Gasteiger partial charge on any atom is -0.467 e. The number of halogens is 2. The quantitative estimate of drug-likeness (QED) is 0.847. The van der Waals surface area contributed by atoms with Gasteiger partial charge < -0.3 is 14.2 Å². The van der Waals surface area contributed by atoms with Crippen LogP contribution >= 0.6 is 27.5 Å². The summed E-state index contributed by atoms with van der Waals surface area (Å²) in [7, 11) is 2.87. The summed E-state index contributed by atoms with van der Waals surface area (Å²) in [5, 5.41) is 0.432. The van der Waals surface area contributed by atoms with Crippen LogP contribution in [0.3, 0.4) is 0 Å². The first kappa shape index (κ1) is 13.8. The summed E-state index contributed by atoms with van der Waals surface area (Å²) in [6.07, 6.45) is 0.